The van der Waals surface area contributed by atoms with Crippen LogP contribution in [0, 0.1) is 0 Å². The third-order valence-electron chi connectivity index (χ3n) is 4.42. The number of fused-ring (bicyclic) bond motifs is 1. The molecule has 0 saturated carbocycles. The van der Waals surface area contributed by atoms with Gasteiger partial charge in [-0.2, -0.15) is 13.2 Å². The van der Waals surface area contributed by atoms with E-state index >= 15 is 0 Å². The van der Waals surface area contributed by atoms with Crippen LogP contribution in [-0.4, -0.2) is 30.4 Å². The maximum absolute atomic E-state index is 12.9. The van der Waals surface area contributed by atoms with E-state index in [-0.39, 0.29) is 21.6 Å². The van der Waals surface area contributed by atoms with E-state index in [9.17, 15) is 18.0 Å². The highest BCUT2D eigenvalue weighted by Crippen LogP contribution is 2.32. The molecule has 1 amide bonds. The van der Waals surface area contributed by atoms with E-state index < -0.39 is 17.6 Å². The number of imidazole rings is 1. The maximum atomic E-state index is 12.9. The molecule has 0 atom stereocenters. The van der Waals surface area contributed by atoms with Gasteiger partial charge in [-0.1, -0.05) is 23.2 Å². The first-order valence-corrected chi connectivity index (χ1v) is 9.62. The number of alkyl halides is 3. The Morgan fingerprint density at radius 2 is 1.81 bits per heavy atom. The minimum atomic E-state index is -4.56. The molecule has 0 saturated heterocycles. The predicted molar refractivity (Wildman–Crippen MR) is 113 cm³/mol. The Hall–Kier alpha value is -3.44. The molecular formula is C19H12Cl2F3N7O. The molecule has 0 bridgehead atoms. The van der Waals surface area contributed by atoms with Crippen molar-refractivity contribution in [1.29, 1.82) is 0 Å². The summed E-state index contributed by atoms with van der Waals surface area (Å²) in [6.07, 6.45) is 0.658. The van der Waals surface area contributed by atoms with E-state index in [4.69, 9.17) is 23.2 Å². The topological polar surface area (TPSA) is 97.6 Å². The predicted octanol–water partition coefficient (Wildman–Crippen LogP) is 5.08. The standard InChI is InChI=1S/C19H12Cl2F3N7O/c1-31-14-8-27-13(17(32)29-15-4-9(2-3-26-15)19(22,23)24)5-12(14)28-18(31)30-16-10(20)6-25-7-11(16)21/h2-8H,1H3,(H,25,28,30)(H,26,29,32). The van der Waals surface area contributed by atoms with Crippen molar-refractivity contribution >= 4 is 57.6 Å². The van der Waals surface area contributed by atoms with Gasteiger partial charge in [0.15, 0.2) is 0 Å². The van der Waals surface area contributed by atoms with Crippen molar-refractivity contribution in [1.82, 2.24) is 24.5 Å². The number of pyridine rings is 3. The zero-order valence-corrected chi connectivity index (χ0v) is 17.6. The Bertz CT molecular complexity index is 1320. The Morgan fingerprint density at radius 3 is 2.50 bits per heavy atom. The van der Waals surface area contributed by atoms with Crippen LogP contribution in [0.15, 0.2) is 43.0 Å². The lowest BCUT2D eigenvalue weighted by Gasteiger charge is -2.09. The van der Waals surface area contributed by atoms with Gasteiger partial charge in [-0.05, 0) is 18.2 Å². The van der Waals surface area contributed by atoms with Crippen LogP contribution in [-0.2, 0) is 13.2 Å². The molecule has 4 heterocycles. The molecule has 32 heavy (non-hydrogen) atoms. The van der Waals surface area contributed by atoms with Crippen molar-refractivity contribution < 1.29 is 18.0 Å². The summed E-state index contributed by atoms with van der Waals surface area (Å²) in [6, 6.07) is 2.95. The number of aryl methyl sites for hydroxylation is 1. The summed E-state index contributed by atoms with van der Waals surface area (Å²) in [7, 11) is 1.72. The van der Waals surface area contributed by atoms with E-state index in [0.717, 1.165) is 18.3 Å². The number of anilines is 3. The normalized spacial score (nSPS) is 11.6. The summed E-state index contributed by atoms with van der Waals surface area (Å²) < 4.78 is 40.3. The van der Waals surface area contributed by atoms with Crippen LogP contribution < -0.4 is 10.6 Å². The Morgan fingerprint density at radius 1 is 1.09 bits per heavy atom. The first-order valence-electron chi connectivity index (χ1n) is 8.86. The van der Waals surface area contributed by atoms with Crippen molar-refractivity contribution in [2.45, 2.75) is 6.18 Å². The second kappa shape index (κ2) is 8.24. The fourth-order valence-electron chi connectivity index (χ4n) is 2.82. The lowest BCUT2D eigenvalue weighted by molar-refractivity contribution is -0.137. The van der Waals surface area contributed by atoms with E-state index in [1.54, 1.807) is 11.6 Å². The maximum Gasteiger partial charge on any atom is 0.416 e. The fourth-order valence-corrected chi connectivity index (χ4v) is 3.28. The summed E-state index contributed by atoms with van der Waals surface area (Å²) in [5.74, 6) is -0.620. The van der Waals surface area contributed by atoms with Crippen LogP contribution in [0.2, 0.25) is 10.0 Å². The molecule has 0 spiro atoms. The van der Waals surface area contributed by atoms with Crippen LogP contribution in [0.1, 0.15) is 16.1 Å². The van der Waals surface area contributed by atoms with Crippen molar-refractivity contribution in [3.63, 3.8) is 0 Å². The Kier molecular flexibility index (Phi) is 5.61. The highest BCUT2D eigenvalue weighted by molar-refractivity contribution is 6.39. The molecule has 0 aliphatic carbocycles. The van der Waals surface area contributed by atoms with Gasteiger partial charge < -0.3 is 15.2 Å². The molecule has 0 fully saturated rings. The van der Waals surface area contributed by atoms with Crippen LogP contribution in [0.25, 0.3) is 11.0 Å². The third kappa shape index (κ3) is 4.30. The lowest BCUT2D eigenvalue weighted by atomic mass is 10.2. The second-order valence-electron chi connectivity index (χ2n) is 6.54. The fraction of sp³-hybridized carbons (Fsp3) is 0.105. The number of rotatable bonds is 4. The van der Waals surface area contributed by atoms with Gasteiger partial charge in [-0.15, -0.1) is 0 Å². The first kappa shape index (κ1) is 21.8. The van der Waals surface area contributed by atoms with Crippen molar-refractivity contribution in [2.75, 3.05) is 10.6 Å². The number of nitrogens with one attached hydrogen (secondary N) is 2. The highest BCUT2D eigenvalue weighted by atomic mass is 35.5. The van der Waals surface area contributed by atoms with Gasteiger partial charge in [0.05, 0.1) is 38.5 Å². The van der Waals surface area contributed by atoms with Gasteiger partial charge in [0.2, 0.25) is 5.95 Å². The monoisotopic (exact) mass is 481 g/mol. The van der Waals surface area contributed by atoms with E-state index in [2.05, 4.69) is 30.6 Å². The van der Waals surface area contributed by atoms with Gasteiger partial charge in [0.1, 0.15) is 11.5 Å². The van der Waals surface area contributed by atoms with E-state index in [1.165, 1.54) is 24.7 Å². The van der Waals surface area contributed by atoms with Gasteiger partial charge >= 0.3 is 6.18 Å². The molecule has 164 valence electrons. The summed E-state index contributed by atoms with van der Waals surface area (Å²) in [4.78, 5) is 28.6. The number of hydrogen-bond acceptors (Lipinski definition) is 6. The van der Waals surface area contributed by atoms with Crippen molar-refractivity contribution in [2.24, 2.45) is 7.05 Å². The van der Waals surface area contributed by atoms with Crippen LogP contribution in [0.4, 0.5) is 30.6 Å². The molecule has 0 aliphatic rings. The minimum absolute atomic E-state index is 0.0543. The molecule has 8 nitrogen and oxygen atoms in total. The van der Waals surface area contributed by atoms with Crippen LogP contribution >= 0.6 is 23.2 Å². The number of carbonyl (C=O) groups excluding carboxylic acids is 1. The van der Waals surface area contributed by atoms with E-state index in [1.807, 2.05) is 0 Å². The number of amides is 1. The number of nitrogens with zero attached hydrogens (tertiary/aromatic N) is 5. The first-order chi connectivity index (χ1) is 15.1. The lowest BCUT2D eigenvalue weighted by Crippen LogP contribution is -2.15. The quantitative estimate of drug-likeness (QED) is 0.421. The molecule has 4 aromatic rings. The molecular weight excluding hydrogens is 470 g/mol. The van der Waals surface area contributed by atoms with Gasteiger partial charge in [-0.25, -0.2) is 15.0 Å². The number of hydrogen-bond donors (Lipinski definition) is 2. The molecule has 0 aromatic carbocycles. The molecule has 4 aromatic heterocycles. The van der Waals surface area contributed by atoms with Gasteiger partial charge in [-0.3, -0.25) is 9.78 Å². The SMILES string of the molecule is Cn1c(Nc2c(Cl)cncc2Cl)nc2cc(C(=O)Nc3cc(C(F)(F)F)ccn3)ncc21. The summed E-state index contributed by atoms with van der Waals surface area (Å²) in [6.45, 7) is 0. The molecule has 4 rings (SSSR count). The minimum Gasteiger partial charge on any atom is -0.323 e. The van der Waals surface area contributed by atoms with Gasteiger partial charge in [0, 0.05) is 25.6 Å². The molecule has 0 unspecified atom stereocenters. The Labute approximate surface area is 188 Å². The van der Waals surface area contributed by atoms with Crippen LogP contribution in [0.5, 0.6) is 0 Å². The molecule has 13 heteroatoms. The summed E-state index contributed by atoms with van der Waals surface area (Å²) in [5.41, 5.74) is 0.417. The van der Waals surface area contributed by atoms with Crippen molar-refractivity contribution in [3.05, 3.63) is 64.3 Å². The smallest absolute Gasteiger partial charge is 0.323 e. The van der Waals surface area contributed by atoms with Gasteiger partial charge in [0.25, 0.3) is 5.91 Å². The summed E-state index contributed by atoms with van der Waals surface area (Å²) >= 11 is 12.3. The zero-order chi connectivity index (χ0) is 23.0. The second-order valence-corrected chi connectivity index (χ2v) is 7.35. The average molecular weight is 482 g/mol. The largest absolute Gasteiger partial charge is 0.416 e. The summed E-state index contributed by atoms with van der Waals surface area (Å²) in [5, 5.41) is 5.89. The van der Waals surface area contributed by atoms with E-state index in [0.29, 0.717) is 22.7 Å². The number of aromatic nitrogens is 5. The highest BCUT2D eigenvalue weighted by Gasteiger charge is 2.31. The number of halogens is 5. The molecule has 2 N–H and O–H groups in total. The molecule has 0 aliphatic heterocycles. The average Bonchev–Trinajstić information content (AvgIpc) is 3.05. The number of carbonyl (C=O) groups is 1. The third-order valence-corrected chi connectivity index (χ3v) is 4.99. The van der Waals surface area contributed by atoms with Crippen molar-refractivity contribution in [3.8, 4) is 0 Å². The molecule has 0 radical (unpaired) electrons. The van der Waals surface area contributed by atoms with Crippen LogP contribution in [0.3, 0.4) is 0 Å². The zero-order valence-electron chi connectivity index (χ0n) is 16.1. The Balaban J connectivity index is 1.61.